The molecule has 72 valence electrons. The van der Waals surface area contributed by atoms with Gasteiger partial charge in [-0.05, 0) is 12.1 Å². The molecule has 0 radical (unpaired) electrons. The van der Waals surface area contributed by atoms with Crippen LogP contribution in [-0.4, -0.2) is 11.1 Å². The maximum Gasteiger partial charge on any atom is 0.307 e. The summed E-state index contributed by atoms with van der Waals surface area (Å²) >= 11 is 5.70. The van der Waals surface area contributed by atoms with E-state index in [0.29, 0.717) is 0 Å². The number of nitrogen functional groups attached to an aromatic ring is 1. The van der Waals surface area contributed by atoms with Crippen LogP contribution in [0.25, 0.3) is 0 Å². The lowest BCUT2D eigenvalue weighted by atomic mass is 10.0. The van der Waals surface area contributed by atoms with Crippen LogP contribution >= 0.6 is 11.6 Å². The van der Waals surface area contributed by atoms with Crippen LogP contribution in [-0.2, 0) is 11.2 Å². The van der Waals surface area contributed by atoms with E-state index in [2.05, 4.69) is 0 Å². The fourth-order valence-electron chi connectivity index (χ4n) is 1.08. The zero-order chi connectivity index (χ0) is 10.7. The highest BCUT2D eigenvalue weighted by atomic mass is 35.5. The van der Waals surface area contributed by atoms with Gasteiger partial charge in [0, 0.05) is 5.56 Å². The number of benzene rings is 1. The topological polar surface area (TPSA) is 87.1 Å². The number of hydrogen-bond acceptors (Lipinski definition) is 3. The van der Waals surface area contributed by atoms with Gasteiger partial charge in [0.1, 0.15) is 0 Å². The maximum absolute atomic E-state index is 10.5. The third-order valence-electron chi connectivity index (χ3n) is 1.75. The smallest absolute Gasteiger partial charge is 0.307 e. The van der Waals surface area contributed by atoms with Crippen LogP contribution in [0.5, 0.6) is 0 Å². The van der Waals surface area contributed by atoms with Crippen molar-refractivity contribution in [3.63, 3.8) is 0 Å². The summed E-state index contributed by atoms with van der Waals surface area (Å²) in [4.78, 5) is 10.5. The molecular formula is C9H7ClN2O2. The van der Waals surface area contributed by atoms with Crippen molar-refractivity contribution in [2.45, 2.75) is 6.42 Å². The predicted octanol–water partition coefficient (Wildman–Crippen LogP) is 1.42. The Hall–Kier alpha value is -1.73. The van der Waals surface area contributed by atoms with Crippen molar-refractivity contribution in [1.82, 2.24) is 0 Å². The average Bonchev–Trinajstić information content (AvgIpc) is 2.13. The van der Waals surface area contributed by atoms with Gasteiger partial charge in [0.05, 0.1) is 28.8 Å². The number of halogens is 1. The summed E-state index contributed by atoms with van der Waals surface area (Å²) in [7, 11) is 0. The first-order chi connectivity index (χ1) is 6.56. The van der Waals surface area contributed by atoms with Crippen LogP contribution in [0.2, 0.25) is 5.02 Å². The minimum absolute atomic E-state index is 0.160. The molecular weight excluding hydrogens is 204 g/mol. The van der Waals surface area contributed by atoms with E-state index in [1.807, 2.05) is 6.07 Å². The second kappa shape index (κ2) is 3.99. The highest BCUT2D eigenvalue weighted by molar-refractivity contribution is 6.33. The van der Waals surface area contributed by atoms with E-state index < -0.39 is 5.97 Å². The SMILES string of the molecule is N#Cc1ccc(Cl)c(N)c1CC(=O)O. The third kappa shape index (κ3) is 1.95. The molecule has 1 aromatic carbocycles. The first-order valence-electron chi connectivity index (χ1n) is 3.75. The monoisotopic (exact) mass is 210 g/mol. The average molecular weight is 211 g/mol. The van der Waals surface area contributed by atoms with Crippen molar-refractivity contribution in [3.8, 4) is 6.07 Å². The summed E-state index contributed by atoms with van der Waals surface area (Å²) in [5, 5.41) is 17.6. The van der Waals surface area contributed by atoms with Crippen molar-refractivity contribution in [2.24, 2.45) is 0 Å². The number of aliphatic carboxylic acids is 1. The van der Waals surface area contributed by atoms with Crippen LogP contribution in [0.4, 0.5) is 5.69 Å². The van der Waals surface area contributed by atoms with Gasteiger partial charge in [0.25, 0.3) is 0 Å². The molecule has 4 nitrogen and oxygen atoms in total. The minimum Gasteiger partial charge on any atom is -0.481 e. The number of carboxylic acid groups (broad SMARTS) is 1. The fourth-order valence-corrected chi connectivity index (χ4v) is 1.26. The van der Waals surface area contributed by atoms with Crippen LogP contribution in [0, 0.1) is 11.3 Å². The highest BCUT2D eigenvalue weighted by Gasteiger charge is 2.12. The number of rotatable bonds is 2. The Morgan fingerprint density at radius 3 is 2.79 bits per heavy atom. The minimum atomic E-state index is -1.05. The van der Waals surface area contributed by atoms with Crippen molar-refractivity contribution in [1.29, 1.82) is 5.26 Å². The number of anilines is 1. The molecule has 0 unspecified atom stereocenters. The largest absolute Gasteiger partial charge is 0.481 e. The second-order valence-corrected chi connectivity index (χ2v) is 3.08. The van der Waals surface area contributed by atoms with Crippen LogP contribution in [0.15, 0.2) is 12.1 Å². The first-order valence-corrected chi connectivity index (χ1v) is 4.12. The van der Waals surface area contributed by atoms with Gasteiger partial charge < -0.3 is 10.8 Å². The quantitative estimate of drug-likeness (QED) is 0.723. The van der Waals surface area contributed by atoms with E-state index in [0.717, 1.165) is 0 Å². The lowest BCUT2D eigenvalue weighted by molar-refractivity contribution is -0.136. The lowest BCUT2D eigenvalue weighted by Gasteiger charge is -2.06. The molecule has 0 heterocycles. The summed E-state index contributed by atoms with van der Waals surface area (Å²) in [6.45, 7) is 0. The molecule has 3 N–H and O–H groups in total. The fraction of sp³-hybridized carbons (Fsp3) is 0.111. The van der Waals surface area contributed by atoms with Gasteiger partial charge in [-0.1, -0.05) is 11.6 Å². The summed E-state index contributed by atoms with van der Waals surface area (Å²) in [6, 6.07) is 4.80. The molecule has 0 spiro atoms. The molecule has 0 aliphatic heterocycles. The van der Waals surface area contributed by atoms with Crippen molar-refractivity contribution >= 4 is 23.3 Å². The van der Waals surface area contributed by atoms with Gasteiger partial charge in [0.2, 0.25) is 0 Å². The molecule has 0 aliphatic carbocycles. The Balaban J connectivity index is 3.29. The number of carboxylic acids is 1. The predicted molar refractivity (Wildman–Crippen MR) is 51.9 cm³/mol. The maximum atomic E-state index is 10.5. The Morgan fingerprint density at radius 2 is 2.29 bits per heavy atom. The molecule has 0 atom stereocenters. The molecule has 0 amide bonds. The molecule has 5 heteroatoms. The third-order valence-corrected chi connectivity index (χ3v) is 2.08. The summed E-state index contributed by atoms with van der Waals surface area (Å²) in [5.41, 5.74) is 6.24. The number of hydrogen-bond donors (Lipinski definition) is 2. The van der Waals surface area contributed by atoms with Gasteiger partial charge in [0.15, 0.2) is 0 Å². The summed E-state index contributed by atoms with van der Waals surface area (Å²) < 4.78 is 0. The number of carbonyl (C=O) groups is 1. The molecule has 0 aromatic heterocycles. The van der Waals surface area contributed by atoms with E-state index in [1.165, 1.54) is 12.1 Å². The highest BCUT2D eigenvalue weighted by Crippen LogP contribution is 2.26. The lowest BCUT2D eigenvalue weighted by Crippen LogP contribution is -2.06. The number of nitrogens with zero attached hydrogens (tertiary/aromatic N) is 1. The van der Waals surface area contributed by atoms with Crippen LogP contribution < -0.4 is 5.73 Å². The summed E-state index contributed by atoms with van der Waals surface area (Å²) in [5.74, 6) is -1.05. The van der Waals surface area contributed by atoms with Gasteiger partial charge in [-0.2, -0.15) is 5.26 Å². The van der Waals surface area contributed by atoms with Gasteiger partial charge >= 0.3 is 5.97 Å². The Kier molecular flexibility index (Phi) is 2.95. The molecule has 1 aromatic rings. The van der Waals surface area contributed by atoms with E-state index in [-0.39, 0.29) is 28.3 Å². The molecule has 0 fully saturated rings. The molecule has 14 heavy (non-hydrogen) atoms. The zero-order valence-electron chi connectivity index (χ0n) is 7.12. The molecule has 0 aliphatic rings. The van der Waals surface area contributed by atoms with E-state index in [4.69, 9.17) is 27.7 Å². The van der Waals surface area contributed by atoms with E-state index in [1.54, 1.807) is 0 Å². The van der Waals surface area contributed by atoms with Gasteiger partial charge in [-0.25, -0.2) is 0 Å². The molecule has 0 bridgehead atoms. The Bertz CT molecular complexity index is 424. The van der Waals surface area contributed by atoms with E-state index >= 15 is 0 Å². The standard InChI is InChI=1S/C9H7ClN2O2/c10-7-2-1-5(4-11)6(9(7)12)3-8(13)14/h1-2H,3,12H2,(H,13,14). The Morgan fingerprint density at radius 1 is 1.64 bits per heavy atom. The number of nitriles is 1. The molecule has 0 saturated heterocycles. The zero-order valence-corrected chi connectivity index (χ0v) is 7.88. The number of nitrogens with two attached hydrogens (primary N) is 1. The van der Waals surface area contributed by atoms with Crippen molar-refractivity contribution < 1.29 is 9.90 Å². The van der Waals surface area contributed by atoms with E-state index in [9.17, 15) is 4.79 Å². The molecule has 0 saturated carbocycles. The van der Waals surface area contributed by atoms with Gasteiger partial charge in [-0.3, -0.25) is 4.79 Å². The first kappa shape index (κ1) is 10.4. The summed E-state index contributed by atoms with van der Waals surface area (Å²) in [6.07, 6.45) is -0.296. The normalized spacial score (nSPS) is 9.43. The second-order valence-electron chi connectivity index (χ2n) is 2.67. The Labute approximate surface area is 85.5 Å². The van der Waals surface area contributed by atoms with Crippen molar-refractivity contribution in [3.05, 3.63) is 28.3 Å². The van der Waals surface area contributed by atoms with Crippen molar-refractivity contribution in [2.75, 3.05) is 5.73 Å². The van der Waals surface area contributed by atoms with Gasteiger partial charge in [-0.15, -0.1) is 0 Å². The van der Waals surface area contributed by atoms with Crippen LogP contribution in [0.3, 0.4) is 0 Å². The molecule has 1 rings (SSSR count). The van der Waals surface area contributed by atoms with Crippen LogP contribution in [0.1, 0.15) is 11.1 Å².